The molecule has 0 amide bonds. The highest BCUT2D eigenvalue weighted by Crippen LogP contribution is 2.35. The SMILES string of the molecule is COc1ccc(Br)cc1-c1nc(COC(=O)c2cccc(OC)c2O)cs1. The van der Waals surface area contributed by atoms with Crippen molar-refractivity contribution < 1.29 is 24.1 Å². The minimum atomic E-state index is -0.652. The van der Waals surface area contributed by atoms with Crippen molar-refractivity contribution in [3.05, 3.63) is 57.5 Å². The van der Waals surface area contributed by atoms with Gasteiger partial charge in [0.2, 0.25) is 0 Å². The first-order valence-corrected chi connectivity index (χ1v) is 9.52. The minimum absolute atomic E-state index is 0.0116. The number of para-hydroxylation sites is 1. The summed E-state index contributed by atoms with van der Waals surface area (Å²) in [5.41, 5.74) is 1.49. The number of aromatic hydroxyl groups is 1. The summed E-state index contributed by atoms with van der Waals surface area (Å²) in [6.45, 7) is -0.0116. The van der Waals surface area contributed by atoms with Crippen LogP contribution in [-0.2, 0) is 11.3 Å². The molecule has 0 aliphatic rings. The third-order valence-corrected chi connectivity index (χ3v) is 5.15. The average Bonchev–Trinajstić information content (AvgIpc) is 3.15. The zero-order chi connectivity index (χ0) is 19.4. The molecule has 3 aromatic rings. The van der Waals surface area contributed by atoms with Crippen molar-refractivity contribution in [1.82, 2.24) is 4.98 Å². The van der Waals surface area contributed by atoms with Crippen LogP contribution >= 0.6 is 27.3 Å². The second-order valence-electron chi connectivity index (χ2n) is 5.42. The number of hydrogen-bond donors (Lipinski definition) is 1. The molecule has 0 aliphatic carbocycles. The molecular formula is C19H16BrNO5S. The summed E-state index contributed by atoms with van der Waals surface area (Å²) in [5.74, 6) is 0.0170. The minimum Gasteiger partial charge on any atom is -0.504 e. The van der Waals surface area contributed by atoms with Crippen LogP contribution in [-0.4, -0.2) is 30.3 Å². The highest BCUT2D eigenvalue weighted by Gasteiger charge is 2.17. The van der Waals surface area contributed by atoms with Crippen LogP contribution in [0.3, 0.4) is 0 Å². The molecule has 140 valence electrons. The predicted octanol–water partition coefficient (Wildman–Crippen LogP) is 4.65. The molecule has 0 saturated carbocycles. The molecule has 1 N–H and O–H groups in total. The van der Waals surface area contributed by atoms with Gasteiger partial charge in [-0.15, -0.1) is 11.3 Å². The zero-order valence-corrected chi connectivity index (χ0v) is 17.0. The molecule has 0 radical (unpaired) electrons. The van der Waals surface area contributed by atoms with Crippen LogP contribution in [0.15, 0.2) is 46.3 Å². The Balaban J connectivity index is 1.74. The van der Waals surface area contributed by atoms with Crippen LogP contribution in [0.1, 0.15) is 16.1 Å². The van der Waals surface area contributed by atoms with E-state index in [2.05, 4.69) is 20.9 Å². The summed E-state index contributed by atoms with van der Waals surface area (Å²) in [7, 11) is 3.01. The average molecular weight is 450 g/mol. The Hall–Kier alpha value is -2.58. The number of hydrogen-bond acceptors (Lipinski definition) is 7. The van der Waals surface area contributed by atoms with E-state index in [9.17, 15) is 9.90 Å². The largest absolute Gasteiger partial charge is 0.504 e. The maximum atomic E-state index is 12.2. The lowest BCUT2D eigenvalue weighted by Crippen LogP contribution is -2.06. The van der Waals surface area contributed by atoms with Gasteiger partial charge < -0.3 is 19.3 Å². The Morgan fingerprint density at radius 2 is 1.96 bits per heavy atom. The van der Waals surface area contributed by atoms with Crippen LogP contribution in [0, 0.1) is 0 Å². The number of ether oxygens (including phenoxy) is 3. The summed E-state index contributed by atoms with van der Waals surface area (Å²) >= 11 is 4.87. The van der Waals surface area contributed by atoms with Crippen molar-refractivity contribution >= 4 is 33.2 Å². The number of benzene rings is 2. The lowest BCUT2D eigenvalue weighted by atomic mass is 10.2. The van der Waals surface area contributed by atoms with Crippen LogP contribution in [0.25, 0.3) is 10.6 Å². The van der Waals surface area contributed by atoms with Gasteiger partial charge in [-0.2, -0.15) is 0 Å². The van der Waals surface area contributed by atoms with E-state index in [0.717, 1.165) is 15.0 Å². The number of rotatable bonds is 6. The third kappa shape index (κ3) is 4.23. The van der Waals surface area contributed by atoms with Gasteiger partial charge in [0.25, 0.3) is 0 Å². The zero-order valence-electron chi connectivity index (χ0n) is 14.6. The number of thiazole rings is 1. The van der Waals surface area contributed by atoms with Crippen molar-refractivity contribution in [2.24, 2.45) is 0 Å². The summed E-state index contributed by atoms with van der Waals surface area (Å²) < 4.78 is 16.6. The second-order valence-corrected chi connectivity index (χ2v) is 7.19. The molecule has 0 bridgehead atoms. The van der Waals surface area contributed by atoms with Crippen LogP contribution in [0.5, 0.6) is 17.2 Å². The Morgan fingerprint density at radius 3 is 2.70 bits per heavy atom. The van der Waals surface area contributed by atoms with Crippen LogP contribution in [0.2, 0.25) is 0 Å². The van der Waals surface area contributed by atoms with E-state index < -0.39 is 5.97 Å². The van der Waals surface area contributed by atoms with E-state index in [4.69, 9.17) is 14.2 Å². The fourth-order valence-electron chi connectivity index (χ4n) is 2.41. The van der Waals surface area contributed by atoms with Crippen LogP contribution in [0.4, 0.5) is 0 Å². The smallest absolute Gasteiger partial charge is 0.342 e. The van der Waals surface area contributed by atoms with Gasteiger partial charge in [-0.1, -0.05) is 22.0 Å². The first-order chi connectivity index (χ1) is 13.0. The maximum Gasteiger partial charge on any atom is 0.342 e. The molecule has 0 fully saturated rings. The Morgan fingerprint density at radius 1 is 1.19 bits per heavy atom. The van der Waals surface area contributed by atoms with Gasteiger partial charge in [0, 0.05) is 9.85 Å². The number of carbonyl (C=O) groups excluding carboxylic acids is 1. The van der Waals surface area contributed by atoms with E-state index in [1.54, 1.807) is 19.2 Å². The molecule has 0 aliphatic heterocycles. The van der Waals surface area contributed by atoms with E-state index in [1.165, 1.54) is 24.5 Å². The van der Waals surface area contributed by atoms with E-state index in [0.29, 0.717) is 11.4 Å². The second kappa shape index (κ2) is 8.41. The molecular weight excluding hydrogens is 434 g/mol. The summed E-state index contributed by atoms with van der Waals surface area (Å²) in [4.78, 5) is 16.7. The highest BCUT2D eigenvalue weighted by molar-refractivity contribution is 9.10. The van der Waals surface area contributed by atoms with E-state index >= 15 is 0 Å². The van der Waals surface area contributed by atoms with Crippen molar-refractivity contribution in [2.45, 2.75) is 6.61 Å². The summed E-state index contributed by atoms with van der Waals surface area (Å²) in [6.07, 6.45) is 0. The lowest BCUT2D eigenvalue weighted by Gasteiger charge is -2.08. The topological polar surface area (TPSA) is 77.9 Å². The fourth-order valence-corrected chi connectivity index (χ4v) is 3.60. The van der Waals surface area contributed by atoms with Gasteiger partial charge in [0.1, 0.15) is 22.9 Å². The first kappa shape index (κ1) is 19.2. The summed E-state index contributed by atoms with van der Waals surface area (Å²) in [5, 5.41) is 12.6. The lowest BCUT2D eigenvalue weighted by molar-refractivity contribution is 0.0464. The summed E-state index contributed by atoms with van der Waals surface area (Å²) in [6, 6.07) is 10.3. The molecule has 0 atom stereocenters. The van der Waals surface area contributed by atoms with Gasteiger partial charge in [-0.25, -0.2) is 9.78 Å². The number of halogens is 1. The molecule has 1 aromatic heterocycles. The van der Waals surface area contributed by atoms with Gasteiger partial charge >= 0.3 is 5.97 Å². The molecule has 6 nitrogen and oxygen atoms in total. The molecule has 27 heavy (non-hydrogen) atoms. The van der Waals surface area contributed by atoms with Gasteiger partial charge in [0.15, 0.2) is 11.5 Å². The first-order valence-electron chi connectivity index (χ1n) is 7.85. The Labute approximate surface area is 168 Å². The van der Waals surface area contributed by atoms with E-state index in [1.807, 2.05) is 23.6 Å². The van der Waals surface area contributed by atoms with Crippen LogP contribution < -0.4 is 9.47 Å². The third-order valence-electron chi connectivity index (χ3n) is 3.73. The Bertz CT molecular complexity index is 972. The maximum absolute atomic E-state index is 12.2. The number of methoxy groups -OCH3 is 2. The van der Waals surface area contributed by atoms with Gasteiger partial charge in [-0.3, -0.25) is 0 Å². The molecule has 1 heterocycles. The number of phenols is 1. The molecule has 3 rings (SSSR count). The van der Waals surface area contributed by atoms with E-state index in [-0.39, 0.29) is 23.7 Å². The number of aromatic nitrogens is 1. The standard InChI is InChI=1S/C19H16BrNO5S/c1-24-15-7-6-11(20)8-14(15)18-21-12(10-27-18)9-26-19(23)13-4-3-5-16(25-2)17(13)22/h3-8,10,22H,9H2,1-2H3. The van der Waals surface area contributed by atoms with Crippen molar-refractivity contribution in [3.63, 3.8) is 0 Å². The molecule has 0 saturated heterocycles. The predicted molar refractivity (Wildman–Crippen MR) is 106 cm³/mol. The highest BCUT2D eigenvalue weighted by atomic mass is 79.9. The Kier molecular flexibility index (Phi) is 5.98. The van der Waals surface area contributed by atoms with Crippen molar-refractivity contribution in [3.8, 4) is 27.8 Å². The van der Waals surface area contributed by atoms with Crippen molar-refractivity contribution in [1.29, 1.82) is 0 Å². The number of phenolic OH excluding ortho intramolecular Hbond substituents is 1. The molecule has 2 aromatic carbocycles. The quantitative estimate of drug-likeness (QED) is 0.551. The molecule has 8 heteroatoms. The number of esters is 1. The van der Waals surface area contributed by atoms with Gasteiger partial charge in [-0.05, 0) is 30.3 Å². The molecule has 0 spiro atoms. The monoisotopic (exact) mass is 449 g/mol. The fraction of sp³-hybridized carbons (Fsp3) is 0.158. The number of carbonyl (C=O) groups is 1. The number of nitrogens with zero attached hydrogens (tertiary/aromatic N) is 1. The van der Waals surface area contributed by atoms with Gasteiger partial charge in [0.05, 0.1) is 25.5 Å². The normalized spacial score (nSPS) is 10.5. The van der Waals surface area contributed by atoms with Crippen molar-refractivity contribution in [2.75, 3.05) is 14.2 Å². The molecule has 0 unspecified atom stereocenters.